The van der Waals surface area contributed by atoms with Crippen LogP contribution >= 0.6 is 23.2 Å². The first-order valence-electron chi connectivity index (χ1n) is 6.92. The second kappa shape index (κ2) is 7.81. The molecule has 2 rings (SSSR count). The van der Waals surface area contributed by atoms with E-state index in [4.69, 9.17) is 32.7 Å². The number of ketones is 1. The van der Waals surface area contributed by atoms with Gasteiger partial charge in [-0.15, -0.1) is 0 Å². The zero-order valence-electron chi connectivity index (χ0n) is 13.0. The Hall–Kier alpha value is -1.85. The molecular formula is C17H14Cl2F2O3. The van der Waals surface area contributed by atoms with E-state index in [1.54, 1.807) is 0 Å². The van der Waals surface area contributed by atoms with Crippen molar-refractivity contribution in [3.8, 4) is 11.5 Å². The predicted octanol–water partition coefficient (Wildman–Crippen LogP) is 4.64. The van der Waals surface area contributed by atoms with E-state index in [1.165, 1.54) is 38.5 Å². The van der Waals surface area contributed by atoms with Gasteiger partial charge in [0.1, 0.15) is 5.78 Å². The summed E-state index contributed by atoms with van der Waals surface area (Å²) in [5.74, 6) is -1.91. The molecule has 2 aromatic rings. The van der Waals surface area contributed by atoms with Gasteiger partial charge in [-0.1, -0.05) is 23.2 Å². The normalized spacial score (nSPS) is 10.6. The maximum Gasteiger partial charge on any atom is 0.170 e. The summed E-state index contributed by atoms with van der Waals surface area (Å²) in [6.07, 6.45) is -0.621. The highest BCUT2D eigenvalue weighted by atomic mass is 35.5. The number of carbonyl (C=O) groups excluding carboxylic acids is 1. The molecule has 0 saturated heterocycles. The SMILES string of the molecule is COc1ccc(Cl)c(CC(=O)Cc2c(Cl)ccc(OC)c2F)c1F. The van der Waals surface area contributed by atoms with Crippen molar-refractivity contribution >= 4 is 29.0 Å². The van der Waals surface area contributed by atoms with Crippen LogP contribution in [0.5, 0.6) is 11.5 Å². The van der Waals surface area contributed by atoms with E-state index < -0.39 is 17.4 Å². The van der Waals surface area contributed by atoms with E-state index in [-0.39, 0.29) is 45.5 Å². The fourth-order valence-electron chi connectivity index (χ4n) is 2.25. The zero-order chi connectivity index (χ0) is 17.9. The minimum Gasteiger partial charge on any atom is -0.494 e. The summed E-state index contributed by atoms with van der Waals surface area (Å²) in [6.45, 7) is 0. The third kappa shape index (κ3) is 3.79. The van der Waals surface area contributed by atoms with Crippen LogP contribution in [-0.2, 0) is 17.6 Å². The lowest BCUT2D eigenvalue weighted by molar-refractivity contribution is -0.117. The lowest BCUT2D eigenvalue weighted by Crippen LogP contribution is -2.11. The molecule has 2 aromatic carbocycles. The summed E-state index contributed by atoms with van der Waals surface area (Å²) in [7, 11) is 2.62. The molecule has 7 heteroatoms. The Morgan fingerprint density at radius 3 is 1.58 bits per heavy atom. The fraction of sp³-hybridized carbons (Fsp3) is 0.235. The van der Waals surface area contributed by atoms with Crippen molar-refractivity contribution in [2.75, 3.05) is 14.2 Å². The number of halogens is 4. The molecule has 0 spiro atoms. The molecule has 0 aliphatic carbocycles. The monoisotopic (exact) mass is 374 g/mol. The summed E-state index contributed by atoms with van der Waals surface area (Å²) < 4.78 is 38.2. The molecule has 0 unspecified atom stereocenters. The van der Waals surface area contributed by atoms with Crippen molar-refractivity contribution in [1.29, 1.82) is 0 Å². The van der Waals surface area contributed by atoms with E-state index in [2.05, 4.69) is 0 Å². The Bertz CT molecular complexity index is 715. The van der Waals surface area contributed by atoms with Gasteiger partial charge < -0.3 is 9.47 Å². The Morgan fingerprint density at radius 2 is 1.25 bits per heavy atom. The van der Waals surface area contributed by atoms with Gasteiger partial charge in [-0.2, -0.15) is 0 Å². The van der Waals surface area contributed by atoms with Crippen LogP contribution in [0.3, 0.4) is 0 Å². The first kappa shape index (κ1) is 18.5. The number of rotatable bonds is 6. The predicted molar refractivity (Wildman–Crippen MR) is 88.3 cm³/mol. The molecular weight excluding hydrogens is 361 g/mol. The maximum atomic E-state index is 14.2. The van der Waals surface area contributed by atoms with E-state index in [9.17, 15) is 13.6 Å². The summed E-state index contributed by atoms with van der Waals surface area (Å²) in [6, 6.07) is 5.60. The van der Waals surface area contributed by atoms with Crippen molar-refractivity contribution in [2.45, 2.75) is 12.8 Å². The summed E-state index contributed by atoms with van der Waals surface area (Å²) in [5.41, 5.74) is 0.000821. The number of ether oxygens (including phenoxy) is 2. The van der Waals surface area contributed by atoms with Crippen LogP contribution in [0.2, 0.25) is 10.0 Å². The second-order valence-electron chi connectivity index (χ2n) is 4.98. The first-order valence-corrected chi connectivity index (χ1v) is 7.68. The number of Topliss-reactive ketones (excluding diaryl/α,β-unsaturated/α-hetero) is 1. The number of carbonyl (C=O) groups is 1. The summed E-state index contributed by atoms with van der Waals surface area (Å²) in [5, 5.41) is 0.192. The molecule has 0 atom stereocenters. The minimum absolute atomic E-state index is 0.000411. The average Bonchev–Trinajstić information content (AvgIpc) is 2.55. The molecule has 0 bridgehead atoms. The van der Waals surface area contributed by atoms with Crippen LogP contribution in [0.4, 0.5) is 8.78 Å². The molecule has 0 N–H and O–H groups in total. The van der Waals surface area contributed by atoms with Crippen LogP contribution in [0, 0.1) is 11.6 Å². The van der Waals surface area contributed by atoms with Gasteiger partial charge in [-0.05, 0) is 24.3 Å². The van der Waals surface area contributed by atoms with Crippen LogP contribution in [-0.4, -0.2) is 20.0 Å². The van der Waals surface area contributed by atoms with Crippen LogP contribution in [0.15, 0.2) is 24.3 Å². The smallest absolute Gasteiger partial charge is 0.170 e. The number of hydrogen-bond acceptors (Lipinski definition) is 3. The summed E-state index contributed by atoms with van der Waals surface area (Å²) >= 11 is 11.9. The lowest BCUT2D eigenvalue weighted by Gasteiger charge is -2.11. The lowest BCUT2D eigenvalue weighted by atomic mass is 10.0. The Labute approximate surface area is 148 Å². The Balaban J connectivity index is 2.27. The zero-order valence-corrected chi connectivity index (χ0v) is 14.5. The topological polar surface area (TPSA) is 35.5 Å². The second-order valence-corrected chi connectivity index (χ2v) is 5.79. The van der Waals surface area contributed by atoms with E-state index in [0.717, 1.165) is 0 Å². The highest BCUT2D eigenvalue weighted by molar-refractivity contribution is 6.32. The standard InChI is InChI=1S/C17H14Cl2F2O3/c1-23-14-5-3-12(18)10(16(14)20)7-9(22)8-11-13(19)4-6-15(24-2)17(11)21/h3-6H,7-8H2,1-2H3. The molecule has 0 saturated carbocycles. The quantitative estimate of drug-likeness (QED) is 0.738. The molecule has 0 radical (unpaired) electrons. The fourth-order valence-corrected chi connectivity index (χ4v) is 2.67. The molecule has 0 fully saturated rings. The molecule has 3 nitrogen and oxygen atoms in total. The first-order chi connectivity index (χ1) is 11.4. The van der Waals surface area contributed by atoms with E-state index in [0.29, 0.717) is 0 Å². The third-order valence-corrected chi connectivity index (χ3v) is 4.20. The Morgan fingerprint density at radius 1 is 0.875 bits per heavy atom. The maximum absolute atomic E-state index is 14.2. The molecule has 0 amide bonds. The summed E-state index contributed by atoms with van der Waals surface area (Å²) in [4.78, 5) is 12.3. The van der Waals surface area contributed by atoms with Gasteiger partial charge in [0.05, 0.1) is 14.2 Å². The minimum atomic E-state index is -0.712. The van der Waals surface area contributed by atoms with Gasteiger partial charge in [-0.25, -0.2) is 8.78 Å². The van der Waals surface area contributed by atoms with Crippen LogP contribution < -0.4 is 9.47 Å². The molecule has 128 valence electrons. The van der Waals surface area contributed by atoms with E-state index in [1.807, 2.05) is 0 Å². The van der Waals surface area contributed by atoms with Crippen molar-refractivity contribution in [2.24, 2.45) is 0 Å². The number of benzene rings is 2. The Kier molecular flexibility index (Phi) is 6.02. The van der Waals surface area contributed by atoms with Gasteiger partial charge in [0, 0.05) is 34.0 Å². The van der Waals surface area contributed by atoms with Gasteiger partial charge in [0.15, 0.2) is 23.1 Å². The van der Waals surface area contributed by atoms with Crippen LogP contribution in [0.25, 0.3) is 0 Å². The highest BCUT2D eigenvalue weighted by Gasteiger charge is 2.20. The molecule has 0 heterocycles. The largest absolute Gasteiger partial charge is 0.494 e. The molecule has 0 aromatic heterocycles. The van der Waals surface area contributed by atoms with Gasteiger partial charge >= 0.3 is 0 Å². The van der Waals surface area contributed by atoms with Gasteiger partial charge in [-0.3, -0.25) is 4.79 Å². The van der Waals surface area contributed by atoms with Crippen LogP contribution in [0.1, 0.15) is 11.1 Å². The average molecular weight is 375 g/mol. The number of hydrogen-bond donors (Lipinski definition) is 0. The number of methoxy groups -OCH3 is 2. The third-order valence-electron chi connectivity index (χ3n) is 3.49. The van der Waals surface area contributed by atoms with Gasteiger partial charge in [0.25, 0.3) is 0 Å². The highest BCUT2D eigenvalue weighted by Crippen LogP contribution is 2.30. The van der Waals surface area contributed by atoms with Gasteiger partial charge in [0.2, 0.25) is 0 Å². The van der Waals surface area contributed by atoms with Crippen molar-refractivity contribution in [3.05, 3.63) is 57.1 Å². The van der Waals surface area contributed by atoms with E-state index >= 15 is 0 Å². The van der Waals surface area contributed by atoms with Crippen molar-refractivity contribution in [1.82, 2.24) is 0 Å². The molecule has 24 heavy (non-hydrogen) atoms. The molecule has 0 aliphatic rings. The van der Waals surface area contributed by atoms with Crippen molar-refractivity contribution < 1.29 is 23.0 Å². The molecule has 0 aliphatic heterocycles. The van der Waals surface area contributed by atoms with Crippen molar-refractivity contribution in [3.63, 3.8) is 0 Å².